The molecule has 0 N–H and O–H groups in total. The molecule has 1 atom stereocenters. The first-order valence-electron chi connectivity index (χ1n) is 8.70. The van der Waals surface area contributed by atoms with Crippen LogP contribution < -0.4 is 0 Å². The maximum absolute atomic E-state index is 12.4. The number of carbonyl (C=O) groups is 1. The van der Waals surface area contributed by atoms with Crippen molar-refractivity contribution < 1.29 is 14.4 Å². The monoisotopic (exact) mass is 345 g/mol. The fourth-order valence-corrected chi connectivity index (χ4v) is 2.30. The van der Waals surface area contributed by atoms with Crippen LogP contribution in [0.2, 0.25) is 0 Å². The van der Waals surface area contributed by atoms with Crippen LogP contribution in [0.25, 0.3) is 0 Å². The van der Waals surface area contributed by atoms with Gasteiger partial charge in [0.05, 0.1) is 13.7 Å². The summed E-state index contributed by atoms with van der Waals surface area (Å²) in [6.45, 7) is 6.70. The summed E-state index contributed by atoms with van der Waals surface area (Å²) >= 11 is 0. The van der Waals surface area contributed by atoms with Gasteiger partial charge in [-0.3, -0.25) is 9.63 Å². The second-order valence-corrected chi connectivity index (χ2v) is 6.41. The maximum Gasteiger partial charge on any atom is 0.275 e. The fourth-order valence-electron chi connectivity index (χ4n) is 2.30. The van der Waals surface area contributed by atoms with Gasteiger partial charge in [0.1, 0.15) is 6.10 Å². The summed E-state index contributed by atoms with van der Waals surface area (Å²) in [4.78, 5) is 17.5. The molecule has 1 aromatic rings. The van der Waals surface area contributed by atoms with Crippen molar-refractivity contribution in [3.8, 4) is 0 Å². The van der Waals surface area contributed by atoms with Crippen molar-refractivity contribution in [2.24, 2.45) is 0 Å². The molecule has 1 amide bonds. The van der Waals surface area contributed by atoms with Gasteiger partial charge in [0, 0.05) is 13.5 Å². The highest BCUT2D eigenvalue weighted by atomic mass is 16.7. The Morgan fingerprint density at radius 1 is 1.16 bits per heavy atom. The smallest absolute Gasteiger partial charge is 0.275 e. The van der Waals surface area contributed by atoms with Gasteiger partial charge < -0.3 is 4.74 Å². The molecule has 4 heteroatoms. The largest absolute Gasteiger partial charge is 0.363 e. The highest BCUT2D eigenvalue weighted by molar-refractivity contribution is 5.79. The number of ether oxygens (including phenoxy) is 1. The first-order valence-corrected chi connectivity index (χ1v) is 8.70. The van der Waals surface area contributed by atoms with E-state index < -0.39 is 6.10 Å². The Morgan fingerprint density at radius 2 is 1.84 bits per heavy atom. The topological polar surface area (TPSA) is 38.8 Å². The molecule has 0 saturated heterocycles. The third-order valence-corrected chi connectivity index (χ3v) is 3.93. The molecular formula is C21H31NO3. The lowest BCUT2D eigenvalue weighted by Crippen LogP contribution is -2.37. The SMILES string of the molecule is CON(C)C(=O)C(C/C=C(\C)CCC=C(C)C)OCc1ccccc1. The van der Waals surface area contributed by atoms with Crippen LogP contribution in [0.4, 0.5) is 0 Å². The summed E-state index contributed by atoms with van der Waals surface area (Å²) in [5.74, 6) is -0.174. The molecule has 1 rings (SSSR count). The average Bonchev–Trinajstić information content (AvgIpc) is 2.61. The lowest BCUT2D eigenvalue weighted by molar-refractivity contribution is -0.181. The third-order valence-electron chi connectivity index (χ3n) is 3.93. The minimum atomic E-state index is -0.552. The lowest BCUT2D eigenvalue weighted by Gasteiger charge is -2.21. The summed E-state index contributed by atoms with van der Waals surface area (Å²) < 4.78 is 5.88. The number of allylic oxidation sites excluding steroid dienone is 3. The molecule has 0 bridgehead atoms. The number of nitrogens with zero attached hydrogens (tertiary/aromatic N) is 1. The van der Waals surface area contributed by atoms with Crippen LogP contribution in [0.3, 0.4) is 0 Å². The predicted molar refractivity (Wildman–Crippen MR) is 102 cm³/mol. The summed E-state index contributed by atoms with van der Waals surface area (Å²) in [7, 11) is 3.08. The van der Waals surface area contributed by atoms with E-state index in [-0.39, 0.29) is 5.91 Å². The predicted octanol–water partition coefficient (Wildman–Crippen LogP) is 4.67. The number of carbonyl (C=O) groups excluding carboxylic acids is 1. The zero-order chi connectivity index (χ0) is 18.7. The van der Waals surface area contributed by atoms with E-state index in [2.05, 4.69) is 32.9 Å². The van der Waals surface area contributed by atoms with Gasteiger partial charge in [0.15, 0.2) is 0 Å². The molecular weight excluding hydrogens is 314 g/mol. The standard InChI is InChI=1S/C21H31NO3/c1-17(2)10-9-11-18(3)14-15-20(21(23)22(4)24-5)25-16-19-12-7-6-8-13-19/h6-8,10,12-14,20H,9,11,15-16H2,1-5H3/b18-14+. The zero-order valence-corrected chi connectivity index (χ0v) is 16.1. The van der Waals surface area contributed by atoms with Gasteiger partial charge in [0.2, 0.25) is 0 Å². The van der Waals surface area contributed by atoms with Gasteiger partial charge in [-0.2, -0.15) is 0 Å². The van der Waals surface area contributed by atoms with Crippen molar-refractivity contribution in [1.82, 2.24) is 5.06 Å². The Hall–Kier alpha value is -1.91. The molecule has 0 aromatic heterocycles. The summed E-state index contributed by atoms with van der Waals surface area (Å²) in [5.41, 5.74) is 3.64. The Morgan fingerprint density at radius 3 is 2.44 bits per heavy atom. The van der Waals surface area contributed by atoms with E-state index in [4.69, 9.17) is 9.57 Å². The van der Waals surface area contributed by atoms with Crippen LogP contribution in [0, 0.1) is 0 Å². The molecule has 25 heavy (non-hydrogen) atoms. The van der Waals surface area contributed by atoms with Crippen molar-refractivity contribution in [3.05, 3.63) is 59.2 Å². The van der Waals surface area contributed by atoms with E-state index >= 15 is 0 Å². The average molecular weight is 345 g/mol. The van der Waals surface area contributed by atoms with Crippen molar-refractivity contribution in [2.75, 3.05) is 14.2 Å². The molecule has 0 saturated carbocycles. The molecule has 0 aliphatic carbocycles. The van der Waals surface area contributed by atoms with Gasteiger partial charge in [-0.15, -0.1) is 0 Å². The van der Waals surface area contributed by atoms with Crippen molar-refractivity contribution in [3.63, 3.8) is 0 Å². The second kappa shape index (κ2) is 11.6. The molecule has 4 nitrogen and oxygen atoms in total. The molecule has 138 valence electrons. The van der Waals surface area contributed by atoms with Crippen molar-refractivity contribution in [1.29, 1.82) is 0 Å². The van der Waals surface area contributed by atoms with E-state index in [1.54, 1.807) is 7.05 Å². The molecule has 0 aliphatic rings. The first-order chi connectivity index (χ1) is 11.9. The minimum Gasteiger partial charge on any atom is -0.363 e. The minimum absolute atomic E-state index is 0.174. The van der Waals surface area contributed by atoms with Gasteiger partial charge >= 0.3 is 0 Å². The summed E-state index contributed by atoms with van der Waals surface area (Å²) in [6.07, 6.45) is 6.32. The van der Waals surface area contributed by atoms with Crippen LogP contribution in [0.1, 0.15) is 45.6 Å². The molecule has 1 aromatic carbocycles. The molecule has 0 heterocycles. The number of hydrogen-bond donors (Lipinski definition) is 0. The van der Waals surface area contributed by atoms with Gasteiger partial charge in [0.25, 0.3) is 5.91 Å². The Kier molecular flexibility index (Phi) is 9.81. The van der Waals surface area contributed by atoms with E-state index in [0.29, 0.717) is 13.0 Å². The fraction of sp³-hybridized carbons (Fsp3) is 0.476. The normalized spacial score (nSPS) is 12.6. The summed E-state index contributed by atoms with van der Waals surface area (Å²) in [6, 6.07) is 9.86. The highest BCUT2D eigenvalue weighted by Crippen LogP contribution is 2.13. The maximum atomic E-state index is 12.4. The van der Waals surface area contributed by atoms with Crippen LogP contribution >= 0.6 is 0 Å². The van der Waals surface area contributed by atoms with Gasteiger partial charge in [-0.1, -0.05) is 53.6 Å². The van der Waals surface area contributed by atoms with Crippen molar-refractivity contribution in [2.45, 2.75) is 52.7 Å². The molecule has 0 radical (unpaired) electrons. The Bertz CT molecular complexity index is 574. The van der Waals surface area contributed by atoms with Gasteiger partial charge in [-0.05, 0) is 39.2 Å². The van der Waals surface area contributed by atoms with E-state index in [1.165, 1.54) is 23.3 Å². The Balaban J connectivity index is 2.67. The van der Waals surface area contributed by atoms with E-state index in [1.807, 2.05) is 30.3 Å². The highest BCUT2D eigenvalue weighted by Gasteiger charge is 2.22. The number of hydrogen-bond acceptors (Lipinski definition) is 3. The molecule has 0 spiro atoms. The van der Waals surface area contributed by atoms with Crippen LogP contribution in [-0.4, -0.2) is 31.2 Å². The quantitative estimate of drug-likeness (QED) is 0.457. The van der Waals surface area contributed by atoms with E-state index in [9.17, 15) is 4.79 Å². The zero-order valence-electron chi connectivity index (χ0n) is 16.1. The molecule has 0 fully saturated rings. The molecule has 1 unspecified atom stereocenters. The first kappa shape index (κ1) is 21.1. The number of hydroxylamine groups is 2. The number of amides is 1. The Labute approximate surface area is 152 Å². The number of likely N-dealkylation sites (N-methyl/N-ethyl adjacent to an activating group) is 1. The van der Waals surface area contributed by atoms with Crippen LogP contribution in [-0.2, 0) is 21.0 Å². The second-order valence-electron chi connectivity index (χ2n) is 6.41. The van der Waals surface area contributed by atoms with Crippen LogP contribution in [0.5, 0.6) is 0 Å². The van der Waals surface area contributed by atoms with Crippen molar-refractivity contribution >= 4 is 5.91 Å². The third kappa shape index (κ3) is 8.66. The van der Waals surface area contributed by atoms with E-state index in [0.717, 1.165) is 18.4 Å². The van der Waals surface area contributed by atoms with Gasteiger partial charge in [-0.25, -0.2) is 5.06 Å². The molecule has 0 aliphatic heterocycles. The lowest BCUT2D eigenvalue weighted by atomic mass is 10.1. The summed E-state index contributed by atoms with van der Waals surface area (Å²) in [5, 5.41) is 1.22. The number of benzene rings is 1. The number of rotatable bonds is 10. The van der Waals surface area contributed by atoms with Crippen LogP contribution in [0.15, 0.2) is 53.6 Å².